The van der Waals surface area contributed by atoms with Crippen LogP contribution in [0.2, 0.25) is 0 Å². The van der Waals surface area contributed by atoms with E-state index in [0.717, 1.165) is 29.2 Å². The number of hydrogen-bond donors (Lipinski definition) is 1. The Kier molecular flexibility index (Phi) is 3.85. The van der Waals surface area contributed by atoms with E-state index >= 15 is 0 Å². The van der Waals surface area contributed by atoms with E-state index in [0.29, 0.717) is 5.69 Å². The molecule has 0 atom stereocenters. The highest BCUT2D eigenvalue weighted by molar-refractivity contribution is 5.80. The van der Waals surface area contributed by atoms with E-state index in [1.54, 1.807) is 6.07 Å². The first-order valence-corrected chi connectivity index (χ1v) is 6.48. The molecular weight excluding hydrogens is 225 g/mol. The van der Waals surface area contributed by atoms with Crippen LogP contribution in [0.15, 0.2) is 24.8 Å². The molecule has 1 saturated carbocycles. The SMILES string of the molecule is C=C(C)c1ccc(F)c(NCC2CC2)c1/C=C\C. The van der Waals surface area contributed by atoms with Gasteiger partial charge in [0.1, 0.15) is 5.82 Å². The van der Waals surface area contributed by atoms with Crippen LogP contribution in [-0.4, -0.2) is 6.54 Å². The van der Waals surface area contributed by atoms with Crippen LogP contribution in [0.4, 0.5) is 10.1 Å². The van der Waals surface area contributed by atoms with Crippen LogP contribution >= 0.6 is 0 Å². The Hall–Kier alpha value is -1.57. The summed E-state index contributed by atoms with van der Waals surface area (Å²) in [5.41, 5.74) is 3.48. The summed E-state index contributed by atoms with van der Waals surface area (Å²) in [5, 5.41) is 3.26. The van der Waals surface area contributed by atoms with Gasteiger partial charge in [0.25, 0.3) is 0 Å². The molecule has 0 bridgehead atoms. The Bertz CT molecular complexity index is 484. The van der Waals surface area contributed by atoms with Crippen molar-refractivity contribution in [3.05, 3.63) is 41.7 Å². The molecule has 1 N–H and O–H groups in total. The Balaban J connectivity index is 2.38. The predicted octanol–water partition coefficient (Wildman–Crippen LogP) is 4.71. The van der Waals surface area contributed by atoms with Gasteiger partial charge in [0, 0.05) is 12.1 Å². The van der Waals surface area contributed by atoms with Crippen LogP contribution in [0.25, 0.3) is 11.6 Å². The molecule has 1 aromatic carbocycles. The van der Waals surface area contributed by atoms with E-state index in [2.05, 4.69) is 11.9 Å². The molecule has 2 rings (SSSR count). The van der Waals surface area contributed by atoms with Crippen molar-refractivity contribution in [1.82, 2.24) is 0 Å². The Morgan fingerprint density at radius 2 is 2.22 bits per heavy atom. The van der Waals surface area contributed by atoms with Crippen molar-refractivity contribution in [2.24, 2.45) is 5.92 Å². The van der Waals surface area contributed by atoms with E-state index in [1.807, 2.05) is 26.0 Å². The van der Waals surface area contributed by atoms with Crippen molar-refractivity contribution in [2.75, 3.05) is 11.9 Å². The smallest absolute Gasteiger partial charge is 0.146 e. The fourth-order valence-electron chi connectivity index (χ4n) is 2.05. The Labute approximate surface area is 108 Å². The lowest BCUT2D eigenvalue weighted by atomic mass is 9.99. The second kappa shape index (κ2) is 5.38. The number of halogens is 1. The van der Waals surface area contributed by atoms with Gasteiger partial charge in [-0.15, -0.1) is 0 Å². The van der Waals surface area contributed by atoms with Gasteiger partial charge in [-0.25, -0.2) is 4.39 Å². The summed E-state index contributed by atoms with van der Waals surface area (Å²) in [7, 11) is 0. The van der Waals surface area contributed by atoms with Crippen molar-refractivity contribution in [3.8, 4) is 0 Å². The fourth-order valence-corrected chi connectivity index (χ4v) is 2.05. The summed E-state index contributed by atoms with van der Waals surface area (Å²) < 4.78 is 14.0. The lowest BCUT2D eigenvalue weighted by Gasteiger charge is -2.15. The number of hydrogen-bond acceptors (Lipinski definition) is 1. The maximum absolute atomic E-state index is 14.0. The first kappa shape index (κ1) is 12.9. The molecule has 0 spiro atoms. The minimum Gasteiger partial charge on any atom is -0.382 e. The summed E-state index contributed by atoms with van der Waals surface area (Å²) in [6.07, 6.45) is 6.40. The summed E-state index contributed by atoms with van der Waals surface area (Å²) in [6, 6.07) is 3.32. The highest BCUT2D eigenvalue weighted by Crippen LogP contribution is 2.32. The van der Waals surface area contributed by atoms with Crippen LogP contribution in [0, 0.1) is 11.7 Å². The minimum absolute atomic E-state index is 0.186. The summed E-state index contributed by atoms with van der Waals surface area (Å²) in [6.45, 7) is 8.72. The molecule has 0 heterocycles. The summed E-state index contributed by atoms with van der Waals surface area (Å²) in [5.74, 6) is 0.532. The molecule has 1 fully saturated rings. The van der Waals surface area contributed by atoms with Crippen molar-refractivity contribution in [2.45, 2.75) is 26.7 Å². The number of rotatable bonds is 5. The van der Waals surface area contributed by atoms with Crippen molar-refractivity contribution in [3.63, 3.8) is 0 Å². The van der Waals surface area contributed by atoms with Crippen molar-refractivity contribution >= 4 is 17.3 Å². The van der Waals surface area contributed by atoms with Gasteiger partial charge in [-0.3, -0.25) is 0 Å². The van der Waals surface area contributed by atoms with Gasteiger partial charge in [0.05, 0.1) is 5.69 Å². The third-order valence-electron chi connectivity index (χ3n) is 3.25. The third-order valence-corrected chi connectivity index (χ3v) is 3.25. The maximum Gasteiger partial charge on any atom is 0.146 e. The van der Waals surface area contributed by atoms with E-state index in [4.69, 9.17) is 0 Å². The van der Waals surface area contributed by atoms with Gasteiger partial charge in [-0.1, -0.05) is 30.4 Å². The van der Waals surface area contributed by atoms with Crippen molar-refractivity contribution in [1.29, 1.82) is 0 Å². The molecule has 0 aromatic heterocycles. The molecule has 1 aromatic rings. The molecule has 0 saturated heterocycles. The number of nitrogens with one attached hydrogen (secondary N) is 1. The second-order valence-electron chi connectivity index (χ2n) is 4.99. The quantitative estimate of drug-likeness (QED) is 0.792. The molecule has 18 heavy (non-hydrogen) atoms. The van der Waals surface area contributed by atoms with Gasteiger partial charge >= 0.3 is 0 Å². The third kappa shape index (κ3) is 2.81. The molecular formula is C16H20FN. The van der Waals surface area contributed by atoms with Gasteiger partial charge in [0.15, 0.2) is 0 Å². The molecule has 0 radical (unpaired) electrons. The molecule has 96 valence electrons. The molecule has 1 nitrogen and oxygen atoms in total. The molecule has 1 aliphatic carbocycles. The average Bonchev–Trinajstić information content (AvgIpc) is 3.12. The molecule has 2 heteroatoms. The van der Waals surface area contributed by atoms with Crippen LogP contribution in [0.3, 0.4) is 0 Å². The Morgan fingerprint density at radius 3 is 2.78 bits per heavy atom. The average molecular weight is 245 g/mol. The van der Waals surface area contributed by atoms with E-state index in [1.165, 1.54) is 18.9 Å². The zero-order valence-electron chi connectivity index (χ0n) is 11.1. The first-order valence-electron chi connectivity index (χ1n) is 6.48. The summed E-state index contributed by atoms with van der Waals surface area (Å²) in [4.78, 5) is 0. The lowest BCUT2D eigenvalue weighted by molar-refractivity contribution is 0.629. The lowest BCUT2D eigenvalue weighted by Crippen LogP contribution is -2.07. The Morgan fingerprint density at radius 1 is 1.50 bits per heavy atom. The monoisotopic (exact) mass is 245 g/mol. The van der Waals surface area contributed by atoms with E-state index < -0.39 is 0 Å². The molecule has 0 amide bonds. The number of benzene rings is 1. The predicted molar refractivity (Wildman–Crippen MR) is 77.0 cm³/mol. The maximum atomic E-state index is 14.0. The second-order valence-corrected chi connectivity index (χ2v) is 4.99. The number of anilines is 1. The van der Waals surface area contributed by atoms with Crippen molar-refractivity contribution < 1.29 is 4.39 Å². The standard InChI is InChI=1S/C16H20FN/c1-4-5-14-13(11(2)3)8-9-15(17)16(14)18-10-12-6-7-12/h4-5,8-9,12,18H,2,6-7,10H2,1,3H3/b5-4-. The van der Waals surface area contributed by atoms with Crippen LogP contribution in [-0.2, 0) is 0 Å². The normalized spacial score (nSPS) is 15.1. The first-order chi connectivity index (χ1) is 8.63. The van der Waals surface area contributed by atoms with Crippen LogP contribution < -0.4 is 5.32 Å². The van der Waals surface area contributed by atoms with E-state index in [-0.39, 0.29) is 5.82 Å². The van der Waals surface area contributed by atoms with Gasteiger partial charge in [0.2, 0.25) is 0 Å². The minimum atomic E-state index is -0.186. The van der Waals surface area contributed by atoms with Crippen LogP contribution in [0.1, 0.15) is 37.8 Å². The molecule has 1 aliphatic rings. The highest BCUT2D eigenvalue weighted by atomic mass is 19.1. The molecule has 0 unspecified atom stereocenters. The topological polar surface area (TPSA) is 12.0 Å². The van der Waals surface area contributed by atoms with Crippen LogP contribution in [0.5, 0.6) is 0 Å². The molecule has 0 aliphatic heterocycles. The number of allylic oxidation sites excluding steroid dienone is 2. The highest BCUT2D eigenvalue weighted by Gasteiger charge is 2.22. The van der Waals surface area contributed by atoms with Gasteiger partial charge in [-0.2, -0.15) is 0 Å². The summed E-state index contributed by atoms with van der Waals surface area (Å²) >= 11 is 0. The van der Waals surface area contributed by atoms with E-state index in [9.17, 15) is 4.39 Å². The zero-order valence-corrected chi connectivity index (χ0v) is 11.1. The fraction of sp³-hybridized carbons (Fsp3) is 0.375. The van der Waals surface area contributed by atoms with Gasteiger partial charge < -0.3 is 5.32 Å². The largest absolute Gasteiger partial charge is 0.382 e. The zero-order chi connectivity index (χ0) is 13.1. The van der Waals surface area contributed by atoms with Gasteiger partial charge in [-0.05, 0) is 44.2 Å².